The quantitative estimate of drug-likeness (QED) is 0.553. The molecule has 2 aliphatic heterocycles. The normalized spacial score (nSPS) is 45.3. The number of rotatable bonds is 1. The Morgan fingerprint density at radius 2 is 1.60 bits per heavy atom. The first-order chi connectivity index (χ1) is 4.75. The van der Waals surface area contributed by atoms with Gasteiger partial charge in [0.15, 0.2) is 6.29 Å². The van der Waals surface area contributed by atoms with Crippen LogP contribution in [0.25, 0.3) is 0 Å². The molecule has 10 heavy (non-hydrogen) atoms. The Hall–Kier alpha value is -0.0800. The Morgan fingerprint density at radius 3 is 1.90 bits per heavy atom. The fraction of sp³-hybridized carbons (Fsp3) is 1.00. The van der Waals surface area contributed by atoms with Crippen molar-refractivity contribution in [2.24, 2.45) is 5.92 Å². The zero-order valence-corrected chi connectivity index (χ0v) is 6.54. The lowest BCUT2D eigenvalue weighted by atomic mass is 9.90. The Morgan fingerprint density at radius 1 is 1.10 bits per heavy atom. The smallest absolute Gasteiger partial charge is 0.160 e. The summed E-state index contributed by atoms with van der Waals surface area (Å²) in [6.45, 7) is 4.27. The first-order valence-electron chi connectivity index (χ1n) is 4.06. The van der Waals surface area contributed by atoms with Crippen LogP contribution >= 0.6 is 0 Å². The molecule has 2 heteroatoms. The van der Waals surface area contributed by atoms with Crippen LogP contribution in [0.2, 0.25) is 0 Å². The fourth-order valence-electron chi connectivity index (χ4n) is 1.47. The van der Waals surface area contributed by atoms with Crippen LogP contribution in [0.4, 0.5) is 0 Å². The predicted molar refractivity (Wildman–Crippen MR) is 37.6 cm³/mol. The molecule has 58 valence electrons. The lowest BCUT2D eigenvalue weighted by Crippen LogP contribution is -2.50. The number of ether oxygens (including phenoxy) is 2. The summed E-state index contributed by atoms with van der Waals surface area (Å²) < 4.78 is 11.2. The summed E-state index contributed by atoms with van der Waals surface area (Å²) in [4.78, 5) is 0. The molecule has 3 aliphatic rings. The van der Waals surface area contributed by atoms with Crippen molar-refractivity contribution in [2.45, 2.75) is 45.2 Å². The van der Waals surface area contributed by atoms with Gasteiger partial charge in [-0.1, -0.05) is 13.8 Å². The van der Waals surface area contributed by atoms with Gasteiger partial charge in [-0.15, -0.1) is 0 Å². The summed E-state index contributed by atoms with van der Waals surface area (Å²) in [5.41, 5.74) is 0. The van der Waals surface area contributed by atoms with Crippen molar-refractivity contribution >= 4 is 0 Å². The van der Waals surface area contributed by atoms with E-state index in [4.69, 9.17) is 9.47 Å². The van der Waals surface area contributed by atoms with Crippen molar-refractivity contribution in [3.05, 3.63) is 0 Å². The van der Waals surface area contributed by atoms with Crippen LogP contribution in [-0.4, -0.2) is 18.5 Å². The highest BCUT2D eigenvalue weighted by atomic mass is 16.7. The van der Waals surface area contributed by atoms with Crippen molar-refractivity contribution in [1.82, 2.24) is 0 Å². The molecular formula is C8H14O2. The Bertz CT molecular complexity index is 117. The standard InChI is InChI=1S/C8H14O2/c1-5(2)8-9-6-3-7(4-6)10-8/h5-8H,3-4H2,1-2H3. The topological polar surface area (TPSA) is 18.5 Å². The van der Waals surface area contributed by atoms with Crippen LogP contribution in [0.15, 0.2) is 0 Å². The lowest BCUT2D eigenvalue weighted by molar-refractivity contribution is -0.312. The van der Waals surface area contributed by atoms with E-state index in [1.54, 1.807) is 0 Å². The van der Waals surface area contributed by atoms with Crippen molar-refractivity contribution < 1.29 is 9.47 Å². The van der Waals surface area contributed by atoms with Gasteiger partial charge < -0.3 is 9.47 Å². The molecule has 2 nitrogen and oxygen atoms in total. The summed E-state index contributed by atoms with van der Waals surface area (Å²) in [7, 11) is 0. The van der Waals surface area contributed by atoms with E-state index in [0.29, 0.717) is 18.1 Å². The summed E-state index contributed by atoms with van der Waals surface area (Å²) in [5, 5.41) is 0. The van der Waals surface area contributed by atoms with Crippen molar-refractivity contribution in [2.75, 3.05) is 0 Å². The van der Waals surface area contributed by atoms with E-state index in [-0.39, 0.29) is 6.29 Å². The molecule has 3 rings (SSSR count). The van der Waals surface area contributed by atoms with Gasteiger partial charge in [0.1, 0.15) is 0 Å². The van der Waals surface area contributed by atoms with E-state index in [2.05, 4.69) is 13.8 Å². The molecule has 0 aromatic rings. The molecule has 0 unspecified atom stereocenters. The second kappa shape index (κ2) is 2.21. The first-order valence-corrected chi connectivity index (χ1v) is 4.06. The van der Waals surface area contributed by atoms with E-state index < -0.39 is 0 Å². The largest absolute Gasteiger partial charge is 0.349 e. The fourth-order valence-corrected chi connectivity index (χ4v) is 1.47. The van der Waals surface area contributed by atoms with Gasteiger partial charge in [0.2, 0.25) is 0 Å². The Balaban J connectivity index is 1.91. The minimum atomic E-state index is 0.0810. The van der Waals surface area contributed by atoms with Gasteiger partial charge >= 0.3 is 0 Å². The molecule has 0 radical (unpaired) electrons. The lowest BCUT2D eigenvalue weighted by Gasteiger charge is -2.46. The maximum atomic E-state index is 5.59. The van der Waals surface area contributed by atoms with Crippen LogP contribution in [0.3, 0.4) is 0 Å². The third kappa shape index (κ3) is 0.956. The van der Waals surface area contributed by atoms with E-state index in [9.17, 15) is 0 Å². The van der Waals surface area contributed by atoms with E-state index in [0.717, 1.165) is 12.8 Å². The van der Waals surface area contributed by atoms with Gasteiger partial charge in [-0.05, 0) is 0 Å². The van der Waals surface area contributed by atoms with Gasteiger partial charge in [0.05, 0.1) is 12.2 Å². The highest BCUT2D eigenvalue weighted by molar-refractivity contribution is 4.85. The second-order valence-corrected chi connectivity index (χ2v) is 3.60. The third-order valence-electron chi connectivity index (χ3n) is 2.25. The maximum Gasteiger partial charge on any atom is 0.160 e. The highest BCUT2D eigenvalue weighted by Crippen LogP contribution is 2.36. The minimum absolute atomic E-state index is 0.0810. The van der Waals surface area contributed by atoms with Crippen LogP contribution < -0.4 is 0 Å². The average molecular weight is 142 g/mol. The predicted octanol–water partition coefficient (Wildman–Crippen LogP) is 1.55. The highest BCUT2D eigenvalue weighted by Gasteiger charge is 2.40. The summed E-state index contributed by atoms with van der Waals surface area (Å²) in [6, 6.07) is 0. The Kier molecular flexibility index (Phi) is 1.46. The minimum Gasteiger partial charge on any atom is -0.349 e. The maximum absolute atomic E-state index is 5.59. The number of hydrogen-bond donors (Lipinski definition) is 0. The first kappa shape index (κ1) is 6.62. The van der Waals surface area contributed by atoms with E-state index in [1.807, 2.05) is 0 Å². The van der Waals surface area contributed by atoms with Gasteiger partial charge in [-0.3, -0.25) is 0 Å². The van der Waals surface area contributed by atoms with Crippen molar-refractivity contribution in [3.63, 3.8) is 0 Å². The van der Waals surface area contributed by atoms with Crippen molar-refractivity contribution in [3.8, 4) is 0 Å². The van der Waals surface area contributed by atoms with Gasteiger partial charge in [-0.2, -0.15) is 0 Å². The molecular weight excluding hydrogens is 128 g/mol. The molecule has 2 saturated heterocycles. The molecule has 2 bridgehead atoms. The molecule has 0 aromatic carbocycles. The number of fused-ring (bicyclic) bond motifs is 2. The van der Waals surface area contributed by atoms with Gasteiger partial charge in [0.25, 0.3) is 0 Å². The number of hydrogen-bond acceptors (Lipinski definition) is 2. The molecule has 0 aromatic heterocycles. The molecule has 0 spiro atoms. The average Bonchev–Trinajstić information content (AvgIpc) is 1.86. The summed E-state index contributed by atoms with van der Waals surface area (Å²) >= 11 is 0. The molecule has 2 heterocycles. The van der Waals surface area contributed by atoms with Gasteiger partial charge in [-0.25, -0.2) is 0 Å². The molecule has 0 atom stereocenters. The van der Waals surface area contributed by atoms with Gasteiger partial charge in [0, 0.05) is 18.8 Å². The molecule has 1 aliphatic carbocycles. The second-order valence-electron chi connectivity index (χ2n) is 3.60. The van der Waals surface area contributed by atoms with E-state index in [1.165, 1.54) is 0 Å². The third-order valence-corrected chi connectivity index (χ3v) is 2.25. The molecule has 1 saturated carbocycles. The van der Waals surface area contributed by atoms with Crippen LogP contribution in [-0.2, 0) is 9.47 Å². The monoisotopic (exact) mass is 142 g/mol. The zero-order valence-electron chi connectivity index (χ0n) is 6.54. The van der Waals surface area contributed by atoms with Crippen LogP contribution in [0.5, 0.6) is 0 Å². The molecule has 0 N–H and O–H groups in total. The van der Waals surface area contributed by atoms with Crippen molar-refractivity contribution in [1.29, 1.82) is 0 Å². The van der Waals surface area contributed by atoms with E-state index >= 15 is 0 Å². The van der Waals surface area contributed by atoms with Crippen LogP contribution in [0, 0.1) is 5.92 Å². The summed E-state index contributed by atoms with van der Waals surface area (Å²) in [5.74, 6) is 0.505. The summed E-state index contributed by atoms with van der Waals surface area (Å²) in [6.07, 6.45) is 3.38. The SMILES string of the molecule is CC(C)C1OC2CC(C2)O1. The molecule has 0 amide bonds. The van der Waals surface area contributed by atoms with Crippen LogP contribution in [0.1, 0.15) is 26.7 Å². The zero-order chi connectivity index (χ0) is 7.14. The molecule has 3 fully saturated rings. The Labute approximate surface area is 61.5 Å².